The third-order valence-corrected chi connectivity index (χ3v) is 4.44. The number of carbonyl (C=O) groups excluding carboxylic acids is 1. The highest BCUT2D eigenvalue weighted by Gasteiger charge is 2.15. The van der Waals surface area contributed by atoms with Gasteiger partial charge in [-0.15, -0.1) is 16.4 Å². The monoisotopic (exact) mass is 363 g/mol. The van der Waals surface area contributed by atoms with E-state index in [-0.39, 0.29) is 5.91 Å². The predicted molar refractivity (Wildman–Crippen MR) is 97.9 cm³/mol. The SMILES string of the molecule is O=C(Nc1ccc(Oc2ccccc2)cc1)c1sccc1-n1cnnn1. The van der Waals surface area contributed by atoms with Crippen molar-refractivity contribution in [3.63, 3.8) is 0 Å². The summed E-state index contributed by atoms with van der Waals surface area (Å²) >= 11 is 1.33. The third-order valence-electron chi connectivity index (χ3n) is 3.54. The predicted octanol–water partition coefficient (Wildman–Crippen LogP) is 3.77. The highest BCUT2D eigenvalue weighted by molar-refractivity contribution is 7.12. The first-order valence-corrected chi connectivity index (χ1v) is 8.63. The molecule has 2 aromatic heterocycles. The van der Waals surface area contributed by atoms with Crippen LogP contribution in [0.15, 0.2) is 72.4 Å². The van der Waals surface area contributed by atoms with Gasteiger partial charge in [0, 0.05) is 5.69 Å². The number of nitrogens with zero attached hydrogens (tertiary/aromatic N) is 4. The molecule has 0 fully saturated rings. The van der Waals surface area contributed by atoms with E-state index in [2.05, 4.69) is 20.8 Å². The number of hydrogen-bond acceptors (Lipinski definition) is 6. The van der Waals surface area contributed by atoms with Crippen LogP contribution in [0.2, 0.25) is 0 Å². The van der Waals surface area contributed by atoms with Crippen LogP contribution in [0.1, 0.15) is 9.67 Å². The normalized spacial score (nSPS) is 10.5. The number of benzene rings is 2. The van der Waals surface area contributed by atoms with Gasteiger partial charge in [0.05, 0.1) is 5.69 Å². The lowest BCUT2D eigenvalue weighted by molar-refractivity contribution is 0.103. The molecule has 0 radical (unpaired) electrons. The Hall–Kier alpha value is -3.52. The second-order valence-electron chi connectivity index (χ2n) is 5.28. The number of ether oxygens (including phenoxy) is 1. The first-order chi connectivity index (χ1) is 12.8. The molecule has 0 saturated carbocycles. The molecule has 0 saturated heterocycles. The molecule has 0 bridgehead atoms. The van der Waals surface area contributed by atoms with Crippen LogP contribution in [0, 0.1) is 0 Å². The zero-order chi connectivity index (χ0) is 17.8. The van der Waals surface area contributed by atoms with E-state index in [1.807, 2.05) is 35.7 Å². The standard InChI is InChI=1S/C18H13N5O2S/c24-18(17-16(10-11-26-17)23-12-19-21-22-23)20-13-6-8-15(9-7-13)25-14-4-2-1-3-5-14/h1-12H,(H,20,24). The molecule has 7 nitrogen and oxygen atoms in total. The van der Waals surface area contributed by atoms with Crippen LogP contribution in [0.4, 0.5) is 5.69 Å². The van der Waals surface area contributed by atoms with Crippen LogP contribution in [-0.4, -0.2) is 26.1 Å². The maximum atomic E-state index is 12.6. The Morgan fingerprint density at radius 1 is 1.00 bits per heavy atom. The van der Waals surface area contributed by atoms with E-state index < -0.39 is 0 Å². The van der Waals surface area contributed by atoms with Gasteiger partial charge in [-0.1, -0.05) is 18.2 Å². The van der Waals surface area contributed by atoms with Gasteiger partial charge in [0.15, 0.2) is 0 Å². The van der Waals surface area contributed by atoms with Gasteiger partial charge in [0.1, 0.15) is 22.7 Å². The van der Waals surface area contributed by atoms with Crippen molar-refractivity contribution in [2.24, 2.45) is 0 Å². The fourth-order valence-corrected chi connectivity index (χ4v) is 3.12. The number of amides is 1. The summed E-state index contributed by atoms with van der Waals surface area (Å²) in [5.74, 6) is 1.23. The van der Waals surface area contributed by atoms with Crippen LogP contribution in [-0.2, 0) is 0 Å². The number of tetrazole rings is 1. The van der Waals surface area contributed by atoms with E-state index >= 15 is 0 Å². The molecule has 128 valence electrons. The summed E-state index contributed by atoms with van der Waals surface area (Å²) in [4.78, 5) is 13.1. The van der Waals surface area contributed by atoms with Gasteiger partial charge in [0.2, 0.25) is 0 Å². The molecule has 2 heterocycles. The average molecular weight is 363 g/mol. The first kappa shape index (κ1) is 16.0. The Labute approximate surface area is 152 Å². The van der Waals surface area contributed by atoms with Gasteiger partial charge >= 0.3 is 0 Å². The van der Waals surface area contributed by atoms with Gasteiger partial charge in [0.25, 0.3) is 5.91 Å². The number of para-hydroxylation sites is 1. The van der Waals surface area contributed by atoms with E-state index in [1.165, 1.54) is 22.3 Å². The second-order valence-corrected chi connectivity index (χ2v) is 6.20. The highest BCUT2D eigenvalue weighted by atomic mass is 32.1. The quantitative estimate of drug-likeness (QED) is 0.584. The smallest absolute Gasteiger partial charge is 0.267 e. The zero-order valence-electron chi connectivity index (χ0n) is 13.4. The van der Waals surface area contributed by atoms with Crippen LogP contribution in [0.3, 0.4) is 0 Å². The zero-order valence-corrected chi connectivity index (χ0v) is 14.3. The summed E-state index contributed by atoms with van der Waals surface area (Å²) in [7, 11) is 0. The van der Waals surface area contributed by atoms with E-state index in [0.717, 1.165) is 5.75 Å². The topological polar surface area (TPSA) is 81.9 Å². The summed E-state index contributed by atoms with van der Waals surface area (Å²) in [6, 6.07) is 18.5. The molecule has 26 heavy (non-hydrogen) atoms. The first-order valence-electron chi connectivity index (χ1n) is 7.75. The largest absolute Gasteiger partial charge is 0.457 e. The van der Waals surface area contributed by atoms with Crippen molar-refractivity contribution in [1.29, 1.82) is 0 Å². The lowest BCUT2D eigenvalue weighted by Crippen LogP contribution is -2.13. The lowest BCUT2D eigenvalue weighted by atomic mass is 10.3. The summed E-state index contributed by atoms with van der Waals surface area (Å²) in [6.45, 7) is 0. The van der Waals surface area contributed by atoms with Crippen molar-refractivity contribution >= 4 is 22.9 Å². The summed E-state index contributed by atoms with van der Waals surface area (Å²) < 4.78 is 7.20. The summed E-state index contributed by atoms with van der Waals surface area (Å²) in [5, 5.41) is 15.7. The number of nitrogens with one attached hydrogen (secondary N) is 1. The van der Waals surface area contributed by atoms with Crippen molar-refractivity contribution in [3.8, 4) is 17.2 Å². The number of hydrogen-bond donors (Lipinski definition) is 1. The van der Waals surface area contributed by atoms with E-state index in [1.54, 1.807) is 30.3 Å². The number of thiophene rings is 1. The van der Waals surface area contributed by atoms with Gasteiger partial charge in [-0.2, -0.15) is 4.68 Å². The molecule has 0 aliphatic heterocycles. The second kappa shape index (κ2) is 7.16. The van der Waals surface area contributed by atoms with Crippen molar-refractivity contribution in [1.82, 2.24) is 20.2 Å². The lowest BCUT2D eigenvalue weighted by Gasteiger charge is -2.08. The van der Waals surface area contributed by atoms with E-state index in [4.69, 9.17) is 4.74 Å². The molecular weight excluding hydrogens is 350 g/mol. The number of anilines is 1. The fraction of sp³-hybridized carbons (Fsp3) is 0. The Bertz CT molecular complexity index is 998. The maximum absolute atomic E-state index is 12.6. The maximum Gasteiger partial charge on any atom is 0.267 e. The van der Waals surface area contributed by atoms with E-state index in [0.29, 0.717) is 22.0 Å². The fourth-order valence-electron chi connectivity index (χ4n) is 2.34. The van der Waals surface area contributed by atoms with Crippen molar-refractivity contribution < 1.29 is 9.53 Å². The molecule has 1 N–H and O–H groups in total. The van der Waals surface area contributed by atoms with Crippen molar-refractivity contribution in [2.75, 3.05) is 5.32 Å². The van der Waals surface area contributed by atoms with Crippen LogP contribution >= 0.6 is 11.3 Å². The third kappa shape index (κ3) is 3.45. The summed E-state index contributed by atoms with van der Waals surface area (Å²) in [5.41, 5.74) is 1.31. The number of rotatable bonds is 5. The molecule has 0 atom stereocenters. The molecule has 4 rings (SSSR count). The molecule has 1 amide bonds. The Balaban J connectivity index is 1.46. The minimum Gasteiger partial charge on any atom is -0.457 e. The minimum absolute atomic E-state index is 0.220. The Morgan fingerprint density at radius 2 is 1.77 bits per heavy atom. The molecule has 0 aliphatic carbocycles. The van der Waals surface area contributed by atoms with Crippen LogP contribution in [0.5, 0.6) is 11.5 Å². The highest BCUT2D eigenvalue weighted by Crippen LogP contribution is 2.24. The van der Waals surface area contributed by atoms with Crippen LogP contribution in [0.25, 0.3) is 5.69 Å². The molecule has 4 aromatic rings. The van der Waals surface area contributed by atoms with Crippen molar-refractivity contribution in [3.05, 3.63) is 77.2 Å². The molecule has 2 aromatic carbocycles. The average Bonchev–Trinajstić information content (AvgIpc) is 3.35. The molecule has 8 heteroatoms. The molecule has 0 unspecified atom stereocenters. The van der Waals surface area contributed by atoms with Gasteiger partial charge in [-0.3, -0.25) is 4.79 Å². The molecule has 0 aliphatic rings. The minimum atomic E-state index is -0.220. The Morgan fingerprint density at radius 3 is 2.50 bits per heavy atom. The van der Waals surface area contributed by atoms with Gasteiger partial charge in [-0.05, 0) is 58.3 Å². The number of carbonyl (C=O) groups is 1. The van der Waals surface area contributed by atoms with E-state index in [9.17, 15) is 4.79 Å². The molecule has 0 spiro atoms. The Kier molecular flexibility index (Phi) is 4.40. The number of aromatic nitrogens is 4. The van der Waals surface area contributed by atoms with Gasteiger partial charge in [-0.25, -0.2) is 0 Å². The van der Waals surface area contributed by atoms with Crippen molar-refractivity contribution in [2.45, 2.75) is 0 Å². The summed E-state index contributed by atoms with van der Waals surface area (Å²) in [6.07, 6.45) is 1.45. The van der Waals surface area contributed by atoms with Crippen LogP contribution < -0.4 is 10.1 Å². The van der Waals surface area contributed by atoms with Gasteiger partial charge < -0.3 is 10.1 Å². The molecular formula is C18H13N5O2S.